The molecule has 5 nitrogen and oxygen atoms in total. The second-order valence-electron chi connectivity index (χ2n) is 6.45. The summed E-state index contributed by atoms with van der Waals surface area (Å²) in [6.45, 7) is 14.5. The monoisotopic (exact) mass is 333 g/mol. The van der Waals surface area contributed by atoms with Crippen LogP contribution in [0.3, 0.4) is 0 Å². The Labute approximate surface area is 144 Å². The second-order valence-corrected chi connectivity index (χ2v) is 6.45. The number of nitrogens with zero attached hydrogens (tertiary/aromatic N) is 1. The molecule has 0 aromatic heterocycles. The van der Waals surface area contributed by atoms with Crippen molar-refractivity contribution in [1.82, 2.24) is 0 Å². The molecule has 132 valence electrons. The Bertz CT molecular complexity index is 496. The quantitative estimate of drug-likeness (QED) is 0.504. The number of ether oxygens (including phenoxy) is 2. The van der Waals surface area contributed by atoms with E-state index in [0.717, 1.165) is 0 Å². The van der Waals surface area contributed by atoms with Gasteiger partial charge in [0.15, 0.2) is 5.54 Å². The third kappa shape index (κ3) is 4.43. The van der Waals surface area contributed by atoms with E-state index in [1.54, 1.807) is 52.0 Å². The highest BCUT2D eigenvalue weighted by Crippen LogP contribution is 2.34. The van der Waals surface area contributed by atoms with Crippen LogP contribution in [0.15, 0.2) is 42.5 Å². The van der Waals surface area contributed by atoms with Crippen molar-refractivity contribution in [3.8, 4) is 0 Å². The van der Waals surface area contributed by atoms with E-state index in [4.69, 9.17) is 9.47 Å². The lowest BCUT2D eigenvalue weighted by molar-refractivity contribution is -0.155. The molecule has 24 heavy (non-hydrogen) atoms. The van der Waals surface area contributed by atoms with Crippen molar-refractivity contribution in [2.45, 2.75) is 58.3 Å². The average molecular weight is 333 g/mol. The molecule has 0 aromatic rings. The molecule has 2 atom stereocenters. The fourth-order valence-electron chi connectivity index (χ4n) is 2.35. The van der Waals surface area contributed by atoms with Crippen LogP contribution in [0, 0.1) is 5.41 Å². The number of carbonyl (C=O) groups is 2. The van der Waals surface area contributed by atoms with Gasteiger partial charge in [-0.3, -0.25) is 9.79 Å². The molecule has 0 radical (unpaired) electrons. The summed E-state index contributed by atoms with van der Waals surface area (Å²) in [7, 11) is 0. The Kier molecular flexibility index (Phi) is 6.70. The molecular formula is C19H27NO4. The van der Waals surface area contributed by atoms with E-state index in [1.807, 2.05) is 0 Å². The minimum Gasteiger partial charge on any atom is -0.462 e. The molecule has 0 saturated carbocycles. The Morgan fingerprint density at radius 1 is 1.00 bits per heavy atom. The first-order valence-corrected chi connectivity index (χ1v) is 8.12. The first kappa shape index (κ1) is 19.9. The standard InChI is InChI=1S/C19H27NO4/c1-7-9-18(16(21)23-14(3)4)11-12-19(10-8-2,20-13-18)17(22)24-15(5)6/h7-8,11-15H,1-2,9-10H2,3-6H3/t18-,19-/m0/s1. The van der Waals surface area contributed by atoms with Gasteiger partial charge in [-0.1, -0.05) is 18.2 Å². The summed E-state index contributed by atoms with van der Waals surface area (Å²) in [6.07, 6.45) is 8.12. The van der Waals surface area contributed by atoms with Gasteiger partial charge in [-0.25, -0.2) is 4.79 Å². The van der Waals surface area contributed by atoms with E-state index < -0.39 is 22.9 Å². The van der Waals surface area contributed by atoms with Crippen LogP contribution in [-0.4, -0.2) is 35.9 Å². The predicted molar refractivity (Wildman–Crippen MR) is 94.9 cm³/mol. The molecule has 1 heterocycles. The lowest BCUT2D eigenvalue weighted by Gasteiger charge is -2.33. The summed E-state index contributed by atoms with van der Waals surface area (Å²) in [5, 5.41) is 0. The first-order valence-electron chi connectivity index (χ1n) is 8.12. The maximum absolute atomic E-state index is 12.5. The summed E-state index contributed by atoms with van der Waals surface area (Å²) in [4.78, 5) is 29.4. The first-order chi connectivity index (χ1) is 11.2. The van der Waals surface area contributed by atoms with Crippen LogP contribution in [0.4, 0.5) is 0 Å². The van der Waals surface area contributed by atoms with Crippen LogP contribution in [-0.2, 0) is 19.1 Å². The lowest BCUT2D eigenvalue weighted by atomic mass is 9.79. The van der Waals surface area contributed by atoms with Crippen molar-refractivity contribution >= 4 is 18.2 Å². The summed E-state index contributed by atoms with van der Waals surface area (Å²) in [6, 6.07) is 0. The predicted octanol–water partition coefficient (Wildman–Crippen LogP) is 3.41. The van der Waals surface area contributed by atoms with E-state index >= 15 is 0 Å². The SMILES string of the molecule is C=CC[C@]1(C(=O)OC(C)C)C=C[C@@](CC=C)(C(=O)OC(C)C)N=C1. The zero-order valence-corrected chi connectivity index (χ0v) is 15.0. The van der Waals surface area contributed by atoms with E-state index in [-0.39, 0.29) is 18.6 Å². The van der Waals surface area contributed by atoms with Gasteiger partial charge < -0.3 is 9.47 Å². The van der Waals surface area contributed by atoms with Crippen LogP contribution in [0.25, 0.3) is 0 Å². The maximum Gasteiger partial charge on any atom is 0.338 e. The molecule has 0 fully saturated rings. The Morgan fingerprint density at radius 3 is 1.96 bits per heavy atom. The van der Waals surface area contributed by atoms with Crippen LogP contribution in [0.5, 0.6) is 0 Å². The molecule has 0 saturated heterocycles. The molecule has 1 aliphatic rings. The Balaban J connectivity index is 3.18. The molecule has 0 aliphatic carbocycles. The zero-order chi connectivity index (χ0) is 18.4. The molecule has 0 aromatic carbocycles. The lowest BCUT2D eigenvalue weighted by Crippen LogP contribution is -2.44. The Hall–Kier alpha value is -2.17. The highest BCUT2D eigenvalue weighted by molar-refractivity contribution is 6.01. The van der Waals surface area contributed by atoms with Gasteiger partial charge in [0, 0.05) is 12.6 Å². The Morgan fingerprint density at radius 2 is 1.54 bits per heavy atom. The smallest absolute Gasteiger partial charge is 0.338 e. The number of dihydropyridines is 1. The molecule has 0 spiro atoms. The van der Waals surface area contributed by atoms with Gasteiger partial charge in [-0.2, -0.15) is 0 Å². The third-order valence-electron chi connectivity index (χ3n) is 3.54. The average Bonchev–Trinajstić information content (AvgIpc) is 2.48. The van der Waals surface area contributed by atoms with Gasteiger partial charge in [0.2, 0.25) is 0 Å². The minimum absolute atomic E-state index is 0.244. The molecule has 0 unspecified atom stereocenters. The van der Waals surface area contributed by atoms with E-state index in [1.165, 1.54) is 6.21 Å². The van der Waals surface area contributed by atoms with E-state index in [2.05, 4.69) is 18.2 Å². The number of aliphatic imine (C=N–C) groups is 1. The normalized spacial score (nSPS) is 25.6. The van der Waals surface area contributed by atoms with Crippen molar-refractivity contribution in [1.29, 1.82) is 0 Å². The number of allylic oxidation sites excluding steroid dienone is 1. The number of rotatable bonds is 8. The van der Waals surface area contributed by atoms with Crippen molar-refractivity contribution < 1.29 is 19.1 Å². The summed E-state index contributed by atoms with van der Waals surface area (Å²) in [5.41, 5.74) is -2.23. The second kappa shape index (κ2) is 8.08. The fourth-order valence-corrected chi connectivity index (χ4v) is 2.35. The minimum atomic E-state index is -1.19. The van der Waals surface area contributed by atoms with E-state index in [9.17, 15) is 9.59 Å². The number of hydrogen-bond donors (Lipinski definition) is 0. The molecule has 0 N–H and O–H groups in total. The van der Waals surface area contributed by atoms with Crippen molar-refractivity contribution in [3.05, 3.63) is 37.5 Å². The van der Waals surface area contributed by atoms with Crippen LogP contribution >= 0.6 is 0 Å². The molecule has 0 amide bonds. The van der Waals surface area contributed by atoms with Crippen LogP contribution < -0.4 is 0 Å². The highest BCUT2D eigenvalue weighted by Gasteiger charge is 2.45. The van der Waals surface area contributed by atoms with Crippen molar-refractivity contribution in [2.75, 3.05) is 0 Å². The molecule has 1 rings (SSSR count). The molecule has 0 bridgehead atoms. The van der Waals surface area contributed by atoms with E-state index in [0.29, 0.717) is 6.42 Å². The van der Waals surface area contributed by atoms with Gasteiger partial charge in [-0.05, 0) is 40.2 Å². The van der Waals surface area contributed by atoms with Crippen molar-refractivity contribution in [3.63, 3.8) is 0 Å². The summed E-state index contributed by atoms with van der Waals surface area (Å²) < 4.78 is 10.6. The van der Waals surface area contributed by atoms with Gasteiger partial charge in [0.05, 0.1) is 12.2 Å². The highest BCUT2D eigenvalue weighted by atomic mass is 16.5. The molecule has 1 aliphatic heterocycles. The van der Waals surface area contributed by atoms with Gasteiger partial charge in [0.1, 0.15) is 5.41 Å². The maximum atomic E-state index is 12.5. The van der Waals surface area contributed by atoms with Crippen LogP contribution in [0.1, 0.15) is 40.5 Å². The van der Waals surface area contributed by atoms with Crippen molar-refractivity contribution in [2.24, 2.45) is 10.4 Å². The summed E-state index contributed by atoms with van der Waals surface area (Å²) in [5.74, 6) is -0.879. The van der Waals surface area contributed by atoms with Gasteiger partial charge >= 0.3 is 11.9 Å². The summed E-state index contributed by atoms with van der Waals surface area (Å²) >= 11 is 0. The third-order valence-corrected chi connectivity index (χ3v) is 3.54. The fraction of sp³-hybridized carbons (Fsp3) is 0.526. The molecule has 5 heteroatoms. The topological polar surface area (TPSA) is 65.0 Å². The van der Waals surface area contributed by atoms with Gasteiger partial charge in [0.25, 0.3) is 0 Å². The number of esters is 2. The largest absolute Gasteiger partial charge is 0.462 e. The molecular weight excluding hydrogens is 306 g/mol. The van der Waals surface area contributed by atoms with Gasteiger partial charge in [-0.15, -0.1) is 13.2 Å². The number of carbonyl (C=O) groups excluding carboxylic acids is 2. The zero-order valence-electron chi connectivity index (χ0n) is 15.0. The van der Waals surface area contributed by atoms with Crippen LogP contribution in [0.2, 0.25) is 0 Å². The number of hydrogen-bond acceptors (Lipinski definition) is 5.